The van der Waals surface area contributed by atoms with Gasteiger partial charge in [0.05, 0.1) is 4.92 Å². The lowest BCUT2D eigenvalue weighted by Gasteiger charge is -2.05. The van der Waals surface area contributed by atoms with Crippen LogP contribution in [0.4, 0.5) is 11.5 Å². The average molecular weight is 273 g/mol. The van der Waals surface area contributed by atoms with E-state index in [2.05, 4.69) is 10.3 Å². The molecule has 18 heavy (non-hydrogen) atoms. The van der Waals surface area contributed by atoms with Crippen molar-refractivity contribution in [1.82, 2.24) is 4.98 Å². The summed E-state index contributed by atoms with van der Waals surface area (Å²) in [5.74, 6) is -1.12. The van der Waals surface area contributed by atoms with Gasteiger partial charge < -0.3 is 10.4 Å². The zero-order chi connectivity index (χ0) is 13.7. The highest BCUT2D eigenvalue weighted by Gasteiger charge is 2.17. The van der Waals surface area contributed by atoms with Gasteiger partial charge >= 0.3 is 11.7 Å². The van der Waals surface area contributed by atoms with Gasteiger partial charge in [-0.15, -0.1) is 0 Å². The van der Waals surface area contributed by atoms with Crippen molar-refractivity contribution in [2.45, 2.75) is 0 Å². The van der Waals surface area contributed by atoms with Gasteiger partial charge in [-0.1, -0.05) is 0 Å². The predicted molar refractivity (Wildman–Crippen MR) is 65.3 cm³/mol. The van der Waals surface area contributed by atoms with Crippen LogP contribution in [0.25, 0.3) is 0 Å². The zero-order valence-electron chi connectivity index (χ0n) is 9.45. The van der Waals surface area contributed by atoms with Crippen molar-refractivity contribution in [3.8, 4) is 0 Å². The average Bonchev–Trinajstić information content (AvgIpc) is 2.27. The first-order valence-electron chi connectivity index (χ1n) is 4.84. The molecule has 1 aromatic heterocycles. The molecule has 0 aromatic carbocycles. The smallest absolute Gasteiger partial charge is 0.354 e. The second-order valence-electron chi connectivity index (χ2n) is 3.33. The number of nitrogens with zero attached hydrogens (tertiary/aromatic N) is 2. The summed E-state index contributed by atoms with van der Waals surface area (Å²) in [6, 6.07) is 2.13. The molecule has 0 saturated heterocycles. The maximum atomic E-state index is 10.9. The van der Waals surface area contributed by atoms with Crippen LogP contribution in [0.3, 0.4) is 0 Å². The van der Waals surface area contributed by atoms with Crippen molar-refractivity contribution in [2.75, 3.05) is 23.9 Å². The Morgan fingerprint density at radius 3 is 2.78 bits per heavy atom. The summed E-state index contributed by atoms with van der Waals surface area (Å²) in [6.45, 7) is 0.208. The quantitative estimate of drug-likeness (QED) is 0.570. The van der Waals surface area contributed by atoms with Gasteiger partial charge in [-0.05, 0) is 6.07 Å². The van der Waals surface area contributed by atoms with E-state index in [1.54, 1.807) is 0 Å². The summed E-state index contributed by atoms with van der Waals surface area (Å²) in [7, 11) is -1.05. The number of hydrogen-bond acceptors (Lipinski definition) is 6. The van der Waals surface area contributed by atoms with E-state index in [0.29, 0.717) is 0 Å². The number of aromatic carboxylic acids is 1. The number of anilines is 1. The molecule has 0 fully saturated rings. The Balaban J connectivity index is 2.96. The van der Waals surface area contributed by atoms with Gasteiger partial charge in [-0.25, -0.2) is 9.78 Å². The third kappa shape index (κ3) is 3.77. The molecule has 1 atom stereocenters. The third-order valence-corrected chi connectivity index (χ3v) is 2.75. The molecule has 1 rings (SSSR count). The van der Waals surface area contributed by atoms with Gasteiger partial charge in [0.25, 0.3) is 0 Å². The number of carboxylic acids is 1. The fourth-order valence-corrected chi connectivity index (χ4v) is 1.55. The number of hydrogen-bond donors (Lipinski definition) is 2. The van der Waals surface area contributed by atoms with Crippen molar-refractivity contribution in [1.29, 1.82) is 0 Å². The first-order chi connectivity index (χ1) is 8.41. The lowest BCUT2D eigenvalue weighted by molar-refractivity contribution is -0.384. The van der Waals surface area contributed by atoms with Crippen LogP contribution in [0.5, 0.6) is 0 Å². The third-order valence-electron chi connectivity index (χ3n) is 1.97. The summed E-state index contributed by atoms with van der Waals surface area (Å²) in [6.07, 6.45) is 1.50. The Morgan fingerprint density at radius 2 is 2.28 bits per heavy atom. The molecule has 0 aliphatic heterocycles. The monoisotopic (exact) mass is 273 g/mol. The van der Waals surface area contributed by atoms with Crippen molar-refractivity contribution in [3.05, 3.63) is 27.9 Å². The Morgan fingerprint density at radius 1 is 1.61 bits per heavy atom. The number of nitro groups is 1. The van der Waals surface area contributed by atoms with Crippen LogP contribution in [-0.4, -0.2) is 43.7 Å². The number of nitrogens with one attached hydrogen (secondary N) is 1. The fraction of sp³-hybridized carbons (Fsp3) is 0.333. The summed E-state index contributed by atoms with van der Waals surface area (Å²) in [5, 5.41) is 22.1. The van der Waals surface area contributed by atoms with Gasteiger partial charge in [0.1, 0.15) is 0 Å². The fourth-order valence-electron chi connectivity index (χ4n) is 1.16. The van der Waals surface area contributed by atoms with E-state index >= 15 is 0 Å². The van der Waals surface area contributed by atoms with Crippen LogP contribution in [0.15, 0.2) is 12.1 Å². The lowest BCUT2D eigenvalue weighted by atomic mass is 10.3. The first-order valence-corrected chi connectivity index (χ1v) is 6.57. The molecule has 0 aliphatic rings. The van der Waals surface area contributed by atoms with Crippen LogP contribution in [0, 0.1) is 10.1 Å². The molecule has 0 saturated carbocycles. The van der Waals surface area contributed by atoms with Gasteiger partial charge in [0, 0.05) is 35.4 Å². The highest BCUT2D eigenvalue weighted by Crippen LogP contribution is 2.21. The van der Waals surface area contributed by atoms with Gasteiger partial charge in [0.15, 0.2) is 5.69 Å². The van der Waals surface area contributed by atoms with Crippen molar-refractivity contribution in [2.24, 2.45) is 0 Å². The summed E-state index contributed by atoms with van der Waals surface area (Å²) in [4.78, 5) is 24.4. The van der Waals surface area contributed by atoms with Crippen LogP contribution >= 0.6 is 0 Å². The molecule has 98 valence electrons. The molecule has 8 nitrogen and oxygen atoms in total. The largest absolute Gasteiger partial charge is 0.477 e. The van der Waals surface area contributed by atoms with E-state index in [1.165, 1.54) is 6.26 Å². The molecule has 1 unspecified atom stereocenters. The summed E-state index contributed by atoms with van der Waals surface area (Å²) < 4.78 is 10.9. The lowest BCUT2D eigenvalue weighted by Crippen LogP contribution is -2.13. The van der Waals surface area contributed by atoms with E-state index < -0.39 is 21.7 Å². The summed E-state index contributed by atoms with van der Waals surface area (Å²) in [5.41, 5.74) is -0.609. The topological polar surface area (TPSA) is 122 Å². The molecule has 0 radical (unpaired) electrons. The molecule has 0 amide bonds. The van der Waals surface area contributed by atoms with E-state index in [1.807, 2.05) is 0 Å². The van der Waals surface area contributed by atoms with Crippen molar-refractivity contribution < 1.29 is 19.0 Å². The van der Waals surface area contributed by atoms with Gasteiger partial charge in [-0.3, -0.25) is 14.3 Å². The molecule has 0 spiro atoms. The standard InChI is InChI=1S/C9H11N3O5S/c1-18(17)5-4-10-8-7(12(15)16)3-2-6(11-8)9(13)14/h2-3H,4-5H2,1H3,(H,10,11)(H,13,14). The van der Waals surface area contributed by atoms with E-state index in [4.69, 9.17) is 5.11 Å². The molecule has 0 aliphatic carbocycles. The van der Waals surface area contributed by atoms with Crippen molar-refractivity contribution in [3.63, 3.8) is 0 Å². The zero-order valence-corrected chi connectivity index (χ0v) is 10.3. The van der Waals surface area contributed by atoms with Gasteiger partial charge in [-0.2, -0.15) is 0 Å². The van der Waals surface area contributed by atoms with Crippen LogP contribution in [0.2, 0.25) is 0 Å². The highest BCUT2D eigenvalue weighted by molar-refractivity contribution is 7.84. The molecule has 2 N–H and O–H groups in total. The van der Waals surface area contributed by atoms with Crippen molar-refractivity contribution >= 4 is 28.3 Å². The van der Waals surface area contributed by atoms with Crippen LogP contribution in [0.1, 0.15) is 10.5 Å². The number of carboxylic acid groups (broad SMARTS) is 1. The van der Waals surface area contributed by atoms with Crippen LogP contribution in [-0.2, 0) is 10.8 Å². The number of pyridine rings is 1. The number of rotatable bonds is 6. The minimum absolute atomic E-state index is 0.134. The Bertz CT molecular complexity index is 505. The summed E-state index contributed by atoms with van der Waals surface area (Å²) >= 11 is 0. The molecular formula is C9H11N3O5S. The Kier molecular flexibility index (Phi) is 4.72. The van der Waals surface area contributed by atoms with E-state index in [-0.39, 0.29) is 29.5 Å². The molecule has 0 bridgehead atoms. The maximum absolute atomic E-state index is 10.9. The Hall–Kier alpha value is -2.03. The molecule has 1 aromatic rings. The second-order valence-corrected chi connectivity index (χ2v) is 4.89. The molecule has 9 heteroatoms. The normalized spacial score (nSPS) is 11.8. The molecule has 1 heterocycles. The minimum Gasteiger partial charge on any atom is -0.477 e. The SMILES string of the molecule is CS(=O)CCNc1nc(C(=O)O)ccc1[N+](=O)[O-]. The van der Waals surface area contributed by atoms with Gasteiger partial charge in [0.2, 0.25) is 5.82 Å². The Labute approximate surface area is 105 Å². The maximum Gasteiger partial charge on any atom is 0.354 e. The second kappa shape index (κ2) is 6.05. The molecular weight excluding hydrogens is 262 g/mol. The predicted octanol–water partition coefficient (Wildman–Crippen LogP) is 0.478. The van der Waals surface area contributed by atoms with E-state index in [9.17, 15) is 19.1 Å². The number of aromatic nitrogens is 1. The van der Waals surface area contributed by atoms with Crippen LogP contribution < -0.4 is 5.32 Å². The minimum atomic E-state index is -1.27. The first kappa shape index (κ1) is 14.0. The highest BCUT2D eigenvalue weighted by atomic mass is 32.2. The number of carbonyl (C=O) groups is 1. The van der Waals surface area contributed by atoms with E-state index in [0.717, 1.165) is 12.1 Å².